The molecule has 1 aromatic rings. The molecule has 0 aliphatic carbocycles. The highest BCUT2D eigenvalue weighted by atomic mass is 16.5. The average molecular weight is 291 g/mol. The van der Waals surface area contributed by atoms with Crippen LogP contribution in [0, 0.1) is 12.8 Å². The molecule has 2 rings (SSSR count). The van der Waals surface area contributed by atoms with E-state index in [1.807, 2.05) is 31.2 Å². The second-order valence-electron chi connectivity index (χ2n) is 5.28. The van der Waals surface area contributed by atoms with Gasteiger partial charge in [0.25, 0.3) is 5.91 Å². The quantitative estimate of drug-likeness (QED) is 0.794. The van der Waals surface area contributed by atoms with Crippen molar-refractivity contribution in [2.75, 3.05) is 26.8 Å². The minimum atomic E-state index is -0.182. The molecule has 0 spiro atoms. The van der Waals surface area contributed by atoms with Crippen LogP contribution >= 0.6 is 0 Å². The van der Waals surface area contributed by atoms with E-state index in [2.05, 4.69) is 0 Å². The Morgan fingerprint density at radius 1 is 1.29 bits per heavy atom. The van der Waals surface area contributed by atoms with Crippen molar-refractivity contribution in [3.05, 3.63) is 29.8 Å². The second-order valence-corrected chi connectivity index (χ2v) is 5.28. The lowest BCUT2D eigenvalue weighted by molar-refractivity contribution is -0.149. The molecular weight excluding hydrogens is 270 g/mol. The van der Waals surface area contributed by atoms with Crippen molar-refractivity contribution in [3.8, 4) is 5.75 Å². The predicted molar refractivity (Wildman–Crippen MR) is 78.0 cm³/mol. The molecule has 1 aromatic carbocycles. The van der Waals surface area contributed by atoms with E-state index in [0.717, 1.165) is 5.56 Å². The molecule has 0 atom stereocenters. The Labute approximate surface area is 124 Å². The van der Waals surface area contributed by atoms with E-state index in [1.54, 1.807) is 4.90 Å². The van der Waals surface area contributed by atoms with Crippen molar-refractivity contribution in [1.82, 2.24) is 4.90 Å². The van der Waals surface area contributed by atoms with E-state index in [-0.39, 0.29) is 24.4 Å². The first-order valence-corrected chi connectivity index (χ1v) is 7.15. The summed E-state index contributed by atoms with van der Waals surface area (Å²) in [5, 5.41) is 0. The lowest BCUT2D eigenvalue weighted by Crippen LogP contribution is -2.42. The van der Waals surface area contributed by atoms with Crippen LogP contribution in [0.5, 0.6) is 5.75 Å². The number of ether oxygens (including phenoxy) is 2. The number of carbonyl (C=O) groups is 2. The van der Waals surface area contributed by atoms with Gasteiger partial charge in [-0.2, -0.15) is 0 Å². The Hall–Kier alpha value is -2.04. The molecule has 5 nitrogen and oxygen atoms in total. The van der Waals surface area contributed by atoms with Crippen molar-refractivity contribution in [2.45, 2.75) is 19.8 Å². The van der Waals surface area contributed by atoms with Gasteiger partial charge in [-0.15, -0.1) is 0 Å². The third-order valence-corrected chi connectivity index (χ3v) is 3.73. The number of amides is 1. The van der Waals surface area contributed by atoms with Gasteiger partial charge >= 0.3 is 5.97 Å². The molecular formula is C16H21NO4. The predicted octanol–water partition coefficient (Wildman–Crippen LogP) is 1.79. The third-order valence-electron chi connectivity index (χ3n) is 3.73. The number of piperidine rings is 1. The van der Waals surface area contributed by atoms with Crippen molar-refractivity contribution >= 4 is 11.9 Å². The van der Waals surface area contributed by atoms with Gasteiger partial charge in [0, 0.05) is 13.1 Å². The summed E-state index contributed by atoms with van der Waals surface area (Å²) in [7, 11) is 1.40. The lowest BCUT2D eigenvalue weighted by atomic mass is 9.97. The Balaban J connectivity index is 1.78. The van der Waals surface area contributed by atoms with Gasteiger partial charge in [0.2, 0.25) is 0 Å². The molecule has 1 amide bonds. The zero-order chi connectivity index (χ0) is 15.2. The number of rotatable bonds is 4. The summed E-state index contributed by atoms with van der Waals surface area (Å²) in [5.41, 5.74) is 1.10. The van der Waals surface area contributed by atoms with Gasteiger partial charge in [-0.25, -0.2) is 0 Å². The van der Waals surface area contributed by atoms with Crippen LogP contribution in [0.15, 0.2) is 24.3 Å². The summed E-state index contributed by atoms with van der Waals surface area (Å²) in [6.45, 7) is 3.17. The molecule has 0 bridgehead atoms. The number of aryl methyl sites for hydroxylation is 1. The first-order valence-electron chi connectivity index (χ1n) is 7.15. The number of likely N-dealkylation sites (tertiary alicyclic amines) is 1. The van der Waals surface area contributed by atoms with Crippen LogP contribution in [0.1, 0.15) is 18.4 Å². The molecule has 1 fully saturated rings. The van der Waals surface area contributed by atoms with E-state index in [1.165, 1.54) is 7.11 Å². The lowest BCUT2D eigenvalue weighted by Gasteiger charge is -2.30. The first kappa shape index (κ1) is 15.4. The summed E-state index contributed by atoms with van der Waals surface area (Å²) in [4.78, 5) is 25.3. The molecule has 0 saturated carbocycles. The van der Waals surface area contributed by atoms with Gasteiger partial charge in [0.15, 0.2) is 6.61 Å². The Bertz CT molecular complexity index is 507. The molecule has 1 saturated heterocycles. The largest absolute Gasteiger partial charge is 0.484 e. The molecule has 1 heterocycles. The van der Waals surface area contributed by atoms with Crippen LogP contribution in [-0.4, -0.2) is 43.6 Å². The highest BCUT2D eigenvalue weighted by Crippen LogP contribution is 2.19. The molecule has 5 heteroatoms. The fraction of sp³-hybridized carbons (Fsp3) is 0.500. The number of carbonyl (C=O) groups excluding carboxylic acids is 2. The fourth-order valence-corrected chi connectivity index (χ4v) is 2.47. The standard InChI is InChI=1S/C16H21NO4/c1-12-4-3-5-14(10-12)21-11-15(18)17-8-6-13(7-9-17)16(19)20-2/h3-5,10,13H,6-9,11H2,1-2H3. The average Bonchev–Trinajstić information content (AvgIpc) is 2.52. The number of esters is 1. The van der Waals surface area contributed by atoms with Crippen LogP contribution in [0.3, 0.4) is 0 Å². The van der Waals surface area contributed by atoms with Crippen LogP contribution in [0.2, 0.25) is 0 Å². The third kappa shape index (κ3) is 4.21. The number of benzene rings is 1. The molecule has 1 aliphatic heterocycles. The number of nitrogens with zero attached hydrogens (tertiary/aromatic N) is 1. The van der Waals surface area contributed by atoms with Crippen molar-refractivity contribution < 1.29 is 19.1 Å². The molecule has 114 valence electrons. The Kier molecular flexibility index (Phi) is 5.20. The number of hydrogen-bond donors (Lipinski definition) is 0. The van der Waals surface area contributed by atoms with Gasteiger partial charge < -0.3 is 14.4 Å². The minimum absolute atomic E-state index is 0.0341. The first-order chi connectivity index (χ1) is 10.1. The van der Waals surface area contributed by atoms with Gasteiger partial charge in [-0.05, 0) is 37.5 Å². The van der Waals surface area contributed by atoms with Gasteiger partial charge in [0.1, 0.15) is 5.75 Å². The molecule has 0 unspecified atom stereocenters. The summed E-state index contributed by atoms with van der Waals surface area (Å²) in [6, 6.07) is 7.61. The van der Waals surface area contributed by atoms with Crippen LogP contribution < -0.4 is 4.74 Å². The van der Waals surface area contributed by atoms with Crippen LogP contribution in [0.25, 0.3) is 0 Å². The highest BCUT2D eigenvalue weighted by Gasteiger charge is 2.27. The maximum Gasteiger partial charge on any atom is 0.308 e. The summed E-state index contributed by atoms with van der Waals surface area (Å²) >= 11 is 0. The zero-order valence-electron chi connectivity index (χ0n) is 12.5. The molecule has 0 radical (unpaired) electrons. The highest BCUT2D eigenvalue weighted by molar-refractivity contribution is 5.78. The van der Waals surface area contributed by atoms with E-state index >= 15 is 0 Å². The van der Waals surface area contributed by atoms with Gasteiger partial charge in [-0.3, -0.25) is 9.59 Å². The van der Waals surface area contributed by atoms with E-state index in [9.17, 15) is 9.59 Å². The normalized spacial score (nSPS) is 15.6. The monoisotopic (exact) mass is 291 g/mol. The Morgan fingerprint density at radius 3 is 2.62 bits per heavy atom. The molecule has 0 N–H and O–H groups in total. The van der Waals surface area contributed by atoms with E-state index in [0.29, 0.717) is 31.7 Å². The SMILES string of the molecule is COC(=O)C1CCN(C(=O)COc2cccc(C)c2)CC1. The number of methoxy groups -OCH3 is 1. The minimum Gasteiger partial charge on any atom is -0.484 e. The number of hydrogen-bond acceptors (Lipinski definition) is 4. The smallest absolute Gasteiger partial charge is 0.308 e. The van der Waals surface area contributed by atoms with Gasteiger partial charge in [0.05, 0.1) is 13.0 Å². The van der Waals surface area contributed by atoms with Crippen LogP contribution in [-0.2, 0) is 14.3 Å². The second kappa shape index (κ2) is 7.11. The van der Waals surface area contributed by atoms with Crippen LogP contribution in [0.4, 0.5) is 0 Å². The van der Waals surface area contributed by atoms with Crippen molar-refractivity contribution in [3.63, 3.8) is 0 Å². The fourth-order valence-electron chi connectivity index (χ4n) is 2.47. The summed E-state index contributed by atoms with van der Waals surface area (Å²) in [6.07, 6.45) is 1.31. The molecule has 1 aliphatic rings. The maximum absolute atomic E-state index is 12.1. The van der Waals surface area contributed by atoms with E-state index in [4.69, 9.17) is 9.47 Å². The van der Waals surface area contributed by atoms with Crippen molar-refractivity contribution in [2.24, 2.45) is 5.92 Å². The van der Waals surface area contributed by atoms with Gasteiger partial charge in [-0.1, -0.05) is 12.1 Å². The molecule has 21 heavy (non-hydrogen) atoms. The Morgan fingerprint density at radius 2 is 2.00 bits per heavy atom. The van der Waals surface area contributed by atoms with E-state index < -0.39 is 0 Å². The van der Waals surface area contributed by atoms with Crippen molar-refractivity contribution in [1.29, 1.82) is 0 Å². The summed E-state index contributed by atoms with van der Waals surface area (Å²) in [5.74, 6) is 0.391. The zero-order valence-corrected chi connectivity index (χ0v) is 12.5. The summed E-state index contributed by atoms with van der Waals surface area (Å²) < 4.78 is 10.2. The maximum atomic E-state index is 12.1. The molecule has 0 aromatic heterocycles. The topological polar surface area (TPSA) is 55.8 Å².